The molecule has 0 bridgehead atoms. The normalized spacial score (nSPS) is 17.4. The van der Waals surface area contributed by atoms with Gasteiger partial charge in [-0.15, -0.1) is 0 Å². The van der Waals surface area contributed by atoms with Crippen LogP contribution in [0.3, 0.4) is 0 Å². The number of benzene rings is 2. The number of hydrogen-bond donors (Lipinski definition) is 1. The third-order valence-corrected chi connectivity index (χ3v) is 4.59. The lowest BCUT2D eigenvalue weighted by atomic mass is 9.89. The fourth-order valence-corrected chi connectivity index (χ4v) is 3.29. The van der Waals surface area contributed by atoms with Gasteiger partial charge in [0.1, 0.15) is 22.8 Å². The Morgan fingerprint density at radius 2 is 1.85 bits per heavy atom. The van der Waals surface area contributed by atoms with Crippen molar-refractivity contribution >= 4 is 5.91 Å². The van der Waals surface area contributed by atoms with E-state index in [1.165, 1.54) is 0 Å². The molecule has 3 rings (SSSR count). The van der Waals surface area contributed by atoms with Gasteiger partial charge in [-0.1, -0.05) is 18.2 Å². The van der Waals surface area contributed by atoms with Crippen LogP contribution in [0.15, 0.2) is 48.5 Å². The van der Waals surface area contributed by atoms with Gasteiger partial charge < -0.3 is 19.5 Å². The second-order valence-corrected chi connectivity index (χ2v) is 7.35. The molecule has 0 radical (unpaired) electrons. The van der Waals surface area contributed by atoms with Gasteiger partial charge in [0.2, 0.25) is 5.91 Å². The van der Waals surface area contributed by atoms with Gasteiger partial charge in [-0.3, -0.25) is 4.79 Å². The maximum absolute atomic E-state index is 12.4. The molecule has 0 saturated heterocycles. The summed E-state index contributed by atoms with van der Waals surface area (Å²) in [6.45, 7) is 4.59. The summed E-state index contributed by atoms with van der Waals surface area (Å²) in [5.41, 5.74) is 0.740. The number of hydrogen-bond acceptors (Lipinski definition) is 4. The SMILES string of the molecule is COc1ccc(OCCCC(=O)N[C@@H]2CC(C)(C)Oc3ccccc32)cc1. The van der Waals surface area contributed by atoms with Gasteiger partial charge in [0.25, 0.3) is 0 Å². The van der Waals surface area contributed by atoms with E-state index >= 15 is 0 Å². The van der Waals surface area contributed by atoms with Crippen molar-refractivity contribution in [3.05, 3.63) is 54.1 Å². The molecule has 1 heterocycles. The Labute approximate surface area is 160 Å². The number of fused-ring (bicyclic) bond motifs is 1. The Hall–Kier alpha value is -2.69. The highest BCUT2D eigenvalue weighted by Gasteiger charge is 2.34. The number of nitrogens with one attached hydrogen (secondary N) is 1. The van der Waals surface area contributed by atoms with Crippen molar-refractivity contribution in [2.75, 3.05) is 13.7 Å². The molecular weight excluding hydrogens is 342 g/mol. The summed E-state index contributed by atoms with van der Waals surface area (Å²) in [6, 6.07) is 15.3. The molecule has 1 amide bonds. The Morgan fingerprint density at radius 3 is 2.59 bits per heavy atom. The van der Waals surface area contributed by atoms with Gasteiger partial charge in [-0.05, 0) is 50.6 Å². The van der Waals surface area contributed by atoms with Crippen molar-refractivity contribution in [3.63, 3.8) is 0 Å². The van der Waals surface area contributed by atoms with E-state index < -0.39 is 0 Å². The van der Waals surface area contributed by atoms with Crippen molar-refractivity contribution in [1.82, 2.24) is 5.32 Å². The fourth-order valence-electron chi connectivity index (χ4n) is 3.29. The minimum Gasteiger partial charge on any atom is -0.497 e. The van der Waals surface area contributed by atoms with Crippen LogP contribution in [-0.4, -0.2) is 25.2 Å². The summed E-state index contributed by atoms with van der Waals surface area (Å²) in [6.07, 6.45) is 1.83. The van der Waals surface area contributed by atoms with E-state index in [9.17, 15) is 4.79 Å². The second kappa shape index (κ2) is 8.33. The molecule has 2 aromatic rings. The monoisotopic (exact) mass is 369 g/mol. The fraction of sp³-hybridized carbons (Fsp3) is 0.409. The highest BCUT2D eigenvalue weighted by Crippen LogP contribution is 2.39. The molecule has 1 N–H and O–H groups in total. The van der Waals surface area contributed by atoms with Crippen molar-refractivity contribution in [3.8, 4) is 17.2 Å². The molecular formula is C22H27NO4. The Morgan fingerprint density at radius 1 is 1.15 bits per heavy atom. The summed E-state index contributed by atoms with van der Waals surface area (Å²) in [5.74, 6) is 2.45. The average Bonchev–Trinajstić information content (AvgIpc) is 2.65. The van der Waals surface area contributed by atoms with E-state index in [-0.39, 0.29) is 17.6 Å². The number of para-hydroxylation sites is 1. The molecule has 5 nitrogen and oxygen atoms in total. The van der Waals surface area contributed by atoms with Crippen molar-refractivity contribution in [1.29, 1.82) is 0 Å². The Balaban J connectivity index is 1.47. The molecule has 27 heavy (non-hydrogen) atoms. The van der Waals surface area contributed by atoms with Gasteiger partial charge >= 0.3 is 0 Å². The maximum Gasteiger partial charge on any atom is 0.220 e. The molecule has 1 aliphatic heterocycles. The van der Waals surface area contributed by atoms with Crippen LogP contribution in [0.5, 0.6) is 17.2 Å². The van der Waals surface area contributed by atoms with E-state index in [2.05, 4.69) is 5.32 Å². The predicted octanol–water partition coefficient (Wildman–Crippen LogP) is 4.27. The number of rotatable bonds is 7. The molecule has 0 aliphatic carbocycles. The first-order valence-corrected chi connectivity index (χ1v) is 9.31. The molecule has 1 aliphatic rings. The third kappa shape index (κ3) is 5.16. The quantitative estimate of drug-likeness (QED) is 0.741. The summed E-state index contributed by atoms with van der Waals surface area (Å²) in [5, 5.41) is 3.15. The first-order chi connectivity index (χ1) is 13.0. The summed E-state index contributed by atoms with van der Waals surface area (Å²) < 4.78 is 16.8. The van der Waals surface area contributed by atoms with E-state index in [1.807, 2.05) is 62.4 Å². The zero-order chi connectivity index (χ0) is 19.3. The lowest BCUT2D eigenvalue weighted by molar-refractivity contribution is -0.122. The lowest BCUT2D eigenvalue weighted by Crippen LogP contribution is -2.41. The summed E-state index contributed by atoms with van der Waals surface area (Å²) in [4.78, 5) is 12.4. The predicted molar refractivity (Wildman–Crippen MR) is 104 cm³/mol. The summed E-state index contributed by atoms with van der Waals surface area (Å²) in [7, 11) is 1.63. The van der Waals surface area contributed by atoms with Crippen LogP contribution in [-0.2, 0) is 4.79 Å². The molecule has 0 spiro atoms. The third-order valence-electron chi connectivity index (χ3n) is 4.59. The van der Waals surface area contributed by atoms with Crippen LogP contribution in [0.25, 0.3) is 0 Å². The van der Waals surface area contributed by atoms with Crippen LogP contribution in [0.2, 0.25) is 0 Å². The molecule has 0 unspecified atom stereocenters. The van der Waals surface area contributed by atoms with Gasteiger partial charge in [0.05, 0.1) is 19.8 Å². The largest absolute Gasteiger partial charge is 0.497 e. The molecule has 0 saturated carbocycles. The minimum absolute atomic E-state index is 0.0278. The van der Waals surface area contributed by atoms with Crippen LogP contribution in [0, 0.1) is 0 Å². The van der Waals surface area contributed by atoms with Crippen LogP contribution in [0.1, 0.15) is 44.7 Å². The minimum atomic E-state index is -0.302. The Kier molecular flexibility index (Phi) is 5.89. The zero-order valence-corrected chi connectivity index (χ0v) is 16.2. The highest BCUT2D eigenvalue weighted by molar-refractivity contribution is 5.76. The van der Waals surface area contributed by atoms with E-state index in [4.69, 9.17) is 14.2 Å². The summed E-state index contributed by atoms with van der Waals surface area (Å²) >= 11 is 0. The van der Waals surface area contributed by atoms with Crippen molar-refractivity contribution in [2.45, 2.75) is 44.8 Å². The van der Waals surface area contributed by atoms with Gasteiger partial charge in [0, 0.05) is 18.4 Å². The molecule has 0 aromatic heterocycles. The Bertz CT molecular complexity index is 770. The van der Waals surface area contributed by atoms with Crippen LogP contribution in [0.4, 0.5) is 0 Å². The number of amides is 1. The van der Waals surface area contributed by atoms with Gasteiger partial charge in [0.15, 0.2) is 0 Å². The first-order valence-electron chi connectivity index (χ1n) is 9.31. The van der Waals surface area contributed by atoms with E-state index in [1.54, 1.807) is 7.11 Å². The number of carbonyl (C=O) groups excluding carboxylic acids is 1. The van der Waals surface area contributed by atoms with Crippen LogP contribution < -0.4 is 19.5 Å². The molecule has 1 atom stereocenters. The molecule has 2 aromatic carbocycles. The standard InChI is InChI=1S/C22H27NO4/c1-22(2)15-19(18-7-4-5-8-20(18)27-22)23-21(24)9-6-14-26-17-12-10-16(25-3)11-13-17/h4-5,7-8,10-13,19H,6,9,14-15H2,1-3H3,(H,23,24)/t19-/m1/s1. The number of carbonyl (C=O) groups is 1. The smallest absolute Gasteiger partial charge is 0.220 e. The first kappa shape index (κ1) is 19.1. The van der Waals surface area contributed by atoms with Gasteiger partial charge in [-0.25, -0.2) is 0 Å². The maximum atomic E-state index is 12.4. The topological polar surface area (TPSA) is 56.8 Å². The van der Waals surface area contributed by atoms with Crippen molar-refractivity contribution < 1.29 is 19.0 Å². The number of ether oxygens (including phenoxy) is 3. The molecule has 5 heteroatoms. The van der Waals surface area contributed by atoms with Crippen molar-refractivity contribution in [2.24, 2.45) is 0 Å². The van der Waals surface area contributed by atoms with E-state index in [0.29, 0.717) is 19.4 Å². The number of methoxy groups -OCH3 is 1. The molecule has 144 valence electrons. The lowest BCUT2D eigenvalue weighted by Gasteiger charge is -2.37. The average molecular weight is 369 g/mol. The highest BCUT2D eigenvalue weighted by atomic mass is 16.5. The van der Waals surface area contributed by atoms with Gasteiger partial charge in [-0.2, -0.15) is 0 Å². The molecule has 0 fully saturated rings. The van der Waals surface area contributed by atoms with E-state index in [0.717, 1.165) is 29.2 Å². The zero-order valence-electron chi connectivity index (χ0n) is 16.2. The van der Waals surface area contributed by atoms with Crippen LogP contribution >= 0.6 is 0 Å². The second-order valence-electron chi connectivity index (χ2n) is 7.35.